The molecule has 0 atom stereocenters. The molecule has 1 aromatic heterocycles. The van der Waals surface area contributed by atoms with Crippen molar-refractivity contribution in [3.8, 4) is 0 Å². The van der Waals surface area contributed by atoms with Crippen molar-refractivity contribution in [1.82, 2.24) is 20.1 Å². The Morgan fingerprint density at radius 1 is 1.57 bits per heavy atom. The number of hydrogen-bond acceptors (Lipinski definition) is 4. The van der Waals surface area contributed by atoms with Gasteiger partial charge in [0.25, 0.3) is 5.91 Å². The zero-order valence-electron chi connectivity index (χ0n) is 12.1. The predicted molar refractivity (Wildman–Crippen MR) is 70.9 cm³/mol. The Morgan fingerprint density at radius 3 is 2.76 bits per heavy atom. The number of rotatable bonds is 6. The second kappa shape index (κ2) is 5.67. The standard InChI is InChI=1S/C13H20F2N4O2/c1-9(2)10-18-17-8-19(10)7-6-16-11(20)13(14,15)12(21)4-3-5-12/h8-9,21H,3-7H2,1-2H3,(H,16,20). The van der Waals surface area contributed by atoms with Gasteiger partial charge >= 0.3 is 5.92 Å². The lowest BCUT2D eigenvalue weighted by Crippen LogP contribution is -2.60. The van der Waals surface area contributed by atoms with Crippen LogP contribution in [0.25, 0.3) is 0 Å². The Hall–Kier alpha value is -1.57. The van der Waals surface area contributed by atoms with Crippen LogP contribution in [0.1, 0.15) is 44.9 Å². The first-order valence-electron chi connectivity index (χ1n) is 7.04. The van der Waals surface area contributed by atoms with Crippen LogP contribution in [0.2, 0.25) is 0 Å². The average Bonchev–Trinajstić information content (AvgIpc) is 2.84. The number of carbonyl (C=O) groups excluding carboxylic acids is 1. The highest BCUT2D eigenvalue weighted by Crippen LogP contribution is 2.44. The first-order chi connectivity index (χ1) is 9.78. The van der Waals surface area contributed by atoms with Crippen molar-refractivity contribution < 1.29 is 18.7 Å². The second-order valence-electron chi connectivity index (χ2n) is 5.75. The molecule has 118 valence electrons. The molecule has 1 saturated carbocycles. The maximum Gasteiger partial charge on any atom is 0.352 e. The number of halogens is 2. The van der Waals surface area contributed by atoms with E-state index in [1.54, 1.807) is 4.57 Å². The van der Waals surface area contributed by atoms with Crippen molar-refractivity contribution in [3.05, 3.63) is 12.2 Å². The number of aromatic nitrogens is 3. The summed E-state index contributed by atoms with van der Waals surface area (Å²) in [5.74, 6) is -4.29. The Kier molecular flexibility index (Phi) is 4.27. The van der Waals surface area contributed by atoms with Gasteiger partial charge in [0.05, 0.1) is 0 Å². The fourth-order valence-corrected chi connectivity index (χ4v) is 2.32. The third kappa shape index (κ3) is 2.90. The molecular formula is C13H20F2N4O2. The first-order valence-corrected chi connectivity index (χ1v) is 7.04. The minimum Gasteiger partial charge on any atom is -0.383 e. The summed E-state index contributed by atoms with van der Waals surface area (Å²) >= 11 is 0. The largest absolute Gasteiger partial charge is 0.383 e. The van der Waals surface area contributed by atoms with E-state index in [9.17, 15) is 18.7 Å². The average molecular weight is 302 g/mol. The van der Waals surface area contributed by atoms with Gasteiger partial charge in [0.1, 0.15) is 17.8 Å². The molecule has 1 aromatic rings. The highest BCUT2D eigenvalue weighted by atomic mass is 19.3. The summed E-state index contributed by atoms with van der Waals surface area (Å²) < 4.78 is 29.4. The van der Waals surface area contributed by atoms with Gasteiger partial charge in [0, 0.05) is 19.0 Å². The number of nitrogens with zero attached hydrogens (tertiary/aromatic N) is 3. The number of amides is 1. The summed E-state index contributed by atoms with van der Waals surface area (Å²) in [4.78, 5) is 11.6. The van der Waals surface area contributed by atoms with Crippen molar-refractivity contribution in [2.75, 3.05) is 6.54 Å². The molecule has 0 aliphatic heterocycles. The molecule has 0 unspecified atom stereocenters. The molecule has 0 aromatic carbocycles. The van der Waals surface area contributed by atoms with Crippen LogP contribution in [-0.2, 0) is 11.3 Å². The minimum absolute atomic E-state index is 0.0300. The van der Waals surface area contributed by atoms with E-state index in [0.29, 0.717) is 13.0 Å². The minimum atomic E-state index is -3.75. The van der Waals surface area contributed by atoms with E-state index in [1.807, 2.05) is 13.8 Å². The number of nitrogens with one attached hydrogen (secondary N) is 1. The highest BCUT2D eigenvalue weighted by Gasteiger charge is 2.60. The molecule has 2 N–H and O–H groups in total. The molecule has 21 heavy (non-hydrogen) atoms. The van der Waals surface area contributed by atoms with Crippen LogP contribution in [-0.4, -0.2) is 43.8 Å². The Morgan fingerprint density at radius 2 is 2.24 bits per heavy atom. The van der Waals surface area contributed by atoms with E-state index in [0.717, 1.165) is 5.82 Å². The molecule has 1 aliphatic rings. The lowest BCUT2D eigenvalue weighted by atomic mass is 9.75. The normalized spacial score (nSPS) is 17.6. The summed E-state index contributed by atoms with van der Waals surface area (Å²) in [5.41, 5.74) is -2.18. The molecule has 6 nitrogen and oxygen atoms in total. The molecule has 1 fully saturated rings. The number of hydrogen-bond donors (Lipinski definition) is 2. The highest BCUT2D eigenvalue weighted by molar-refractivity contribution is 5.85. The van der Waals surface area contributed by atoms with Crippen LogP contribution in [0.4, 0.5) is 8.78 Å². The Balaban J connectivity index is 1.88. The van der Waals surface area contributed by atoms with Crippen molar-refractivity contribution in [2.45, 2.75) is 57.1 Å². The molecule has 8 heteroatoms. The monoisotopic (exact) mass is 302 g/mol. The number of aliphatic hydroxyl groups is 1. The van der Waals surface area contributed by atoms with Gasteiger partial charge in [-0.05, 0) is 19.3 Å². The molecule has 0 saturated heterocycles. The third-order valence-electron chi connectivity index (χ3n) is 3.85. The van der Waals surface area contributed by atoms with Crippen molar-refractivity contribution in [3.63, 3.8) is 0 Å². The topological polar surface area (TPSA) is 80.0 Å². The van der Waals surface area contributed by atoms with Crippen LogP contribution in [0.15, 0.2) is 6.33 Å². The quantitative estimate of drug-likeness (QED) is 0.823. The maximum absolute atomic E-state index is 13.8. The maximum atomic E-state index is 13.8. The number of alkyl halides is 2. The van der Waals surface area contributed by atoms with Gasteiger partial charge in [0.2, 0.25) is 0 Å². The Labute approximate surface area is 121 Å². The lowest BCUT2D eigenvalue weighted by molar-refractivity contribution is -0.215. The van der Waals surface area contributed by atoms with E-state index in [1.165, 1.54) is 6.33 Å². The summed E-state index contributed by atoms with van der Waals surface area (Å²) in [5, 5.41) is 19.5. The lowest BCUT2D eigenvalue weighted by Gasteiger charge is -2.41. The van der Waals surface area contributed by atoms with E-state index in [2.05, 4.69) is 15.5 Å². The smallest absolute Gasteiger partial charge is 0.352 e. The molecule has 1 aliphatic carbocycles. The van der Waals surface area contributed by atoms with Crippen LogP contribution >= 0.6 is 0 Å². The third-order valence-corrected chi connectivity index (χ3v) is 3.85. The van der Waals surface area contributed by atoms with Crippen molar-refractivity contribution in [1.29, 1.82) is 0 Å². The zero-order valence-corrected chi connectivity index (χ0v) is 12.1. The summed E-state index contributed by atoms with van der Waals surface area (Å²) in [7, 11) is 0. The van der Waals surface area contributed by atoms with Gasteiger partial charge in [-0.2, -0.15) is 8.78 Å². The van der Waals surface area contributed by atoms with E-state index in [-0.39, 0.29) is 25.3 Å². The van der Waals surface area contributed by atoms with Crippen LogP contribution in [0, 0.1) is 0 Å². The van der Waals surface area contributed by atoms with Gasteiger partial charge < -0.3 is 15.0 Å². The molecule has 1 heterocycles. The fourth-order valence-electron chi connectivity index (χ4n) is 2.32. The second-order valence-corrected chi connectivity index (χ2v) is 5.75. The van der Waals surface area contributed by atoms with Gasteiger partial charge in [-0.1, -0.05) is 13.8 Å². The van der Waals surface area contributed by atoms with Gasteiger partial charge in [0.15, 0.2) is 0 Å². The van der Waals surface area contributed by atoms with Crippen LogP contribution in [0.5, 0.6) is 0 Å². The van der Waals surface area contributed by atoms with Crippen molar-refractivity contribution in [2.24, 2.45) is 0 Å². The molecular weight excluding hydrogens is 282 g/mol. The number of carbonyl (C=O) groups is 1. The van der Waals surface area contributed by atoms with Gasteiger partial charge in [-0.15, -0.1) is 10.2 Å². The summed E-state index contributed by atoms with van der Waals surface area (Å²) in [6.45, 7) is 4.22. The summed E-state index contributed by atoms with van der Waals surface area (Å²) in [6, 6.07) is 0. The first kappa shape index (κ1) is 15.8. The van der Waals surface area contributed by atoms with E-state index in [4.69, 9.17) is 0 Å². The molecule has 2 rings (SSSR count). The fraction of sp³-hybridized carbons (Fsp3) is 0.769. The van der Waals surface area contributed by atoms with Crippen molar-refractivity contribution >= 4 is 5.91 Å². The van der Waals surface area contributed by atoms with E-state index < -0.39 is 17.4 Å². The van der Waals surface area contributed by atoms with Crippen LogP contribution in [0.3, 0.4) is 0 Å². The predicted octanol–water partition coefficient (Wildman–Crippen LogP) is 1.07. The Bertz CT molecular complexity index is 512. The van der Waals surface area contributed by atoms with E-state index >= 15 is 0 Å². The molecule has 0 bridgehead atoms. The molecule has 1 amide bonds. The van der Waals surface area contributed by atoms with Gasteiger partial charge in [-0.3, -0.25) is 4.79 Å². The molecule has 0 spiro atoms. The molecule has 0 radical (unpaired) electrons. The van der Waals surface area contributed by atoms with Gasteiger partial charge in [-0.25, -0.2) is 0 Å². The van der Waals surface area contributed by atoms with Crippen LogP contribution < -0.4 is 5.32 Å². The summed E-state index contributed by atoms with van der Waals surface area (Å²) in [6.07, 6.45) is 1.92. The zero-order chi connectivity index (χ0) is 15.7. The SMILES string of the molecule is CC(C)c1nncn1CCNC(=O)C(F)(F)C1(O)CCC1.